The second-order valence-electron chi connectivity index (χ2n) is 3.99. The Morgan fingerprint density at radius 3 is 2.80 bits per heavy atom. The Bertz CT molecular complexity index is 569. The lowest BCUT2D eigenvalue weighted by Crippen LogP contribution is -2.30. The number of benzene rings is 1. The Labute approximate surface area is 120 Å². The molecule has 0 aliphatic carbocycles. The van der Waals surface area contributed by atoms with Gasteiger partial charge < -0.3 is 5.11 Å². The third-order valence-corrected chi connectivity index (χ3v) is 3.59. The fourth-order valence-electron chi connectivity index (χ4n) is 1.53. The zero-order chi connectivity index (χ0) is 14.4. The van der Waals surface area contributed by atoms with Crippen LogP contribution in [0.25, 0.3) is 0 Å². The lowest BCUT2D eigenvalue weighted by molar-refractivity contribution is 0.0948. The summed E-state index contributed by atoms with van der Waals surface area (Å²) in [6, 6.07) is 7.71. The first-order chi connectivity index (χ1) is 9.72. The van der Waals surface area contributed by atoms with E-state index in [1.165, 1.54) is 0 Å². The van der Waals surface area contributed by atoms with Crippen LogP contribution in [0, 0.1) is 0 Å². The molecular formula is C12H15N5O2S. The number of rotatable bonds is 6. The van der Waals surface area contributed by atoms with Crippen LogP contribution in [0.3, 0.4) is 0 Å². The van der Waals surface area contributed by atoms with E-state index in [1.54, 1.807) is 22.6 Å². The molecule has 0 bridgehead atoms. The minimum absolute atomic E-state index is 0.0515. The van der Waals surface area contributed by atoms with E-state index in [4.69, 9.17) is 10.9 Å². The van der Waals surface area contributed by atoms with Gasteiger partial charge in [-0.15, -0.1) is 16.9 Å². The first kappa shape index (κ1) is 14.5. The highest BCUT2D eigenvalue weighted by Crippen LogP contribution is 2.18. The first-order valence-corrected chi connectivity index (χ1v) is 6.95. The van der Waals surface area contributed by atoms with Gasteiger partial charge in [-0.25, -0.2) is 5.84 Å². The Balaban J connectivity index is 1.83. The van der Waals surface area contributed by atoms with Crippen LogP contribution in [0.15, 0.2) is 35.4 Å². The number of hydrazine groups is 1. The predicted octanol–water partition coefficient (Wildman–Crippen LogP) is 0.166. The largest absolute Gasteiger partial charge is 0.392 e. The van der Waals surface area contributed by atoms with Crippen LogP contribution in [0.4, 0.5) is 0 Å². The Morgan fingerprint density at radius 2 is 2.15 bits per heavy atom. The molecule has 0 radical (unpaired) electrons. The Kier molecular flexibility index (Phi) is 5.10. The molecule has 0 fully saturated rings. The molecule has 1 aromatic heterocycles. The summed E-state index contributed by atoms with van der Waals surface area (Å²) >= 11 is 1.66. The van der Waals surface area contributed by atoms with Gasteiger partial charge in [-0.3, -0.25) is 14.9 Å². The summed E-state index contributed by atoms with van der Waals surface area (Å²) in [4.78, 5) is 12.3. The van der Waals surface area contributed by atoms with Crippen molar-refractivity contribution in [1.82, 2.24) is 20.4 Å². The Morgan fingerprint density at radius 1 is 1.40 bits per heavy atom. The van der Waals surface area contributed by atoms with Crippen molar-refractivity contribution < 1.29 is 9.90 Å². The van der Waals surface area contributed by atoms with E-state index >= 15 is 0 Å². The molecule has 1 heterocycles. The molecule has 20 heavy (non-hydrogen) atoms. The van der Waals surface area contributed by atoms with Gasteiger partial charge in [0.2, 0.25) is 0 Å². The van der Waals surface area contributed by atoms with Crippen LogP contribution < -0.4 is 11.3 Å². The highest BCUT2D eigenvalue weighted by molar-refractivity contribution is 7.99. The molecule has 0 saturated heterocycles. The number of amides is 1. The topological polar surface area (TPSA) is 106 Å². The summed E-state index contributed by atoms with van der Waals surface area (Å²) < 4.78 is 1.60. The van der Waals surface area contributed by atoms with Gasteiger partial charge in [-0.2, -0.15) is 0 Å². The van der Waals surface area contributed by atoms with Crippen LogP contribution in [0.5, 0.6) is 0 Å². The van der Waals surface area contributed by atoms with Crippen molar-refractivity contribution in [2.75, 3.05) is 5.75 Å². The molecule has 106 valence electrons. The molecule has 0 aliphatic rings. The van der Waals surface area contributed by atoms with Crippen LogP contribution in [-0.2, 0) is 13.2 Å². The minimum atomic E-state index is -0.455. The van der Waals surface area contributed by atoms with Gasteiger partial charge in [0.05, 0.1) is 19.3 Å². The van der Waals surface area contributed by atoms with Gasteiger partial charge in [0, 0.05) is 10.6 Å². The van der Waals surface area contributed by atoms with Crippen LogP contribution in [-0.4, -0.2) is 31.8 Å². The molecule has 0 saturated carbocycles. The van der Waals surface area contributed by atoms with Crippen molar-refractivity contribution in [3.8, 4) is 0 Å². The van der Waals surface area contributed by atoms with E-state index in [9.17, 15) is 4.79 Å². The number of aliphatic hydroxyl groups excluding tert-OH is 1. The SMILES string of the molecule is NNC(=O)c1cn(CCSc2ccc(CO)cc2)nn1. The smallest absolute Gasteiger partial charge is 0.287 e. The Hall–Kier alpha value is -1.90. The summed E-state index contributed by atoms with van der Waals surface area (Å²) in [5.41, 5.74) is 3.10. The second-order valence-corrected chi connectivity index (χ2v) is 5.16. The van der Waals surface area contributed by atoms with Crippen molar-refractivity contribution in [2.24, 2.45) is 5.84 Å². The number of carbonyl (C=O) groups excluding carboxylic acids is 1. The standard InChI is InChI=1S/C12H15N5O2S/c13-14-12(19)11-7-17(16-15-11)5-6-20-10-3-1-9(8-18)2-4-10/h1-4,7,18H,5-6,8,13H2,(H,14,19). The summed E-state index contributed by atoms with van der Waals surface area (Å²) in [5, 5.41) is 16.5. The lowest BCUT2D eigenvalue weighted by atomic mass is 10.2. The van der Waals surface area contributed by atoms with E-state index in [2.05, 4.69) is 10.3 Å². The number of nitrogens with one attached hydrogen (secondary N) is 1. The normalized spacial score (nSPS) is 10.5. The highest BCUT2D eigenvalue weighted by atomic mass is 32.2. The van der Waals surface area contributed by atoms with Crippen molar-refractivity contribution in [3.05, 3.63) is 41.7 Å². The lowest BCUT2D eigenvalue weighted by Gasteiger charge is -2.02. The summed E-state index contributed by atoms with van der Waals surface area (Å²) in [6.45, 7) is 0.688. The van der Waals surface area contributed by atoms with E-state index in [-0.39, 0.29) is 12.3 Å². The second kappa shape index (κ2) is 7.04. The molecule has 2 aromatic rings. The van der Waals surface area contributed by atoms with Gasteiger partial charge in [-0.05, 0) is 17.7 Å². The maximum Gasteiger partial charge on any atom is 0.287 e. The fraction of sp³-hybridized carbons (Fsp3) is 0.250. The maximum atomic E-state index is 11.2. The minimum Gasteiger partial charge on any atom is -0.392 e. The molecule has 1 aromatic carbocycles. The van der Waals surface area contributed by atoms with Crippen LogP contribution in [0.2, 0.25) is 0 Å². The zero-order valence-electron chi connectivity index (χ0n) is 10.7. The summed E-state index contributed by atoms with van der Waals surface area (Å²) in [5.74, 6) is 5.36. The number of aliphatic hydroxyl groups is 1. The first-order valence-electron chi connectivity index (χ1n) is 5.96. The molecule has 2 rings (SSSR count). The average molecular weight is 293 g/mol. The van der Waals surface area contributed by atoms with Gasteiger partial charge in [0.25, 0.3) is 5.91 Å². The summed E-state index contributed by atoms with van der Waals surface area (Å²) in [6.07, 6.45) is 1.55. The third kappa shape index (κ3) is 3.80. The number of nitrogen functional groups attached to an aromatic ring is 1. The number of hydrogen-bond donors (Lipinski definition) is 3. The molecule has 8 heteroatoms. The molecule has 4 N–H and O–H groups in total. The third-order valence-electron chi connectivity index (χ3n) is 2.60. The van der Waals surface area contributed by atoms with Gasteiger partial charge in [0.15, 0.2) is 5.69 Å². The van der Waals surface area contributed by atoms with E-state index in [0.717, 1.165) is 16.2 Å². The highest BCUT2D eigenvalue weighted by Gasteiger charge is 2.08. The van der Waals surface area contributed by atoms with Gasteiger partial charge in [-0.1, -0.05) is 17.3 Å². The zero-order valence-corrected chi connectivity index (χ0v) is 11.5. The van der Waals surface area contributed by atoms with Gasteiger partial charge in [0.1, 0.15) is 0 Å². The number of carbonyl (C=O) groups is 1. The monoisotopic (exact) mass is 293 g/mol. The van der Waals surface area contributed by atoms with E-state index in [0.29, 0.717) is 6.54 Å². The van der Waals surface area contributed by atoms with Crippen LogP contribution in [0.1, 0.15) is 16.1 Å². The molecule has 7 nitrogen and oxygen atoms in total. The molecular weight excluding hydrogens is 278 g/mol. The van der Waals surface area contributed by atoms with Crippen molar-refractivity contribution >= 4 is 17.7 Å². The summed E-state index contributed by atoms with van der Waals surface area (Å²) in [7, 11) is 0. The van der Waals surface area contributed by atoms with Crippen molar-refractivity contribution in [3.63, 3.8) is 0 Å². The number of thioether (sulfide) groups is 1. The van der Waals surface area contributed by atoms with Crippen LogP contribution >= 0.6 is 11.8 Å². The van der Waals surface area contributed by atoms with E-state index in [1.807, 2.05) is 29.7 Å². The molecule has 0 unspecified atom stereocenters. The maximum absolute atomic E-state index is 11.2. The number of aryl methyl sites for hydroxylation is 1. The average Bonchev–Trinajstić information content (AvgIpc) is 2.96. The van der Waals surface area contributed by atoms with Crippen molar-refractivity contribution in [2.45, 2.75) is 18.0 Å². The van der Waals surface area contributed by atoms with E-state index < -0.39 is 5.91 Å². The molecule has 0 atom stereocenters. The van der Waals surface area contributed by atoms with Crippen molar-refractivity contribution in [1.29, 1.82) is 0 Å². The predicted molar refractivity (Wildman–Crippen MR) is 74.8 cm³/mol. The number of hydrogen-bond acceptors (Lipinski definition) is 6. The van der Waals surface area contributed by atoms with Gasteiger partial charge >= 0.3 is 0 Å². The molecule has 1 amide bonds. The number of aromatic nitrogens is 3. The fourth-order valence-corrected chi connectivity index (χ4v) is 2.38. The molecule has 0 spiro atoms. The molecule has 0 aliphatic heterocycles. The number of nitrogens with zero attached hydrogens (tertiary/aromatic N) is 3. The number of nitrogens with two attached hydrogens (primary N) is 1. The quantitative estimate of drug-likeness (QED) is 0.303.